The fourth-order valence-electron chi connectivity index (χ4n) is 3.38. The number of rotatable bonds is 3. The molecular formula is C19H14F3IN4. The molecule has 0 bridgehead atoms. The average molecular weight is 482 g/mol. The lowest BCUT2D eigenvalue weighted by atomic mass is 10.2. The smallest absolute Gasteiger partial charge is 0.359 e. The SMILES string of the molecule is FC(F)(F)c1ccc2c(c1)nc(Nc1c[nH]c3ccc(I)cc13)n2C1CC1. The first-order valence-electron chi connectivity index (χ1n) is 8.53. The van der Waals surface area contributed by atoms with Gasteiger partial charge in [0.1, 0.15) is 0 Å². The number of hydrogen-bond acceptors (Lipinski definition) is 2. The normalized spacial score (nSPS) is 15.0. The van der Waals surface area contributed by atoms with Crippen LogP contribution in [0.25, 0.3) is 21.9 Å². The Morgan fingerprint density at radius 3 is 2.70 bits per heavy atom. The highest BCUT2D eigenvalue weighted by Gasteiger charge is 2.33. The van der Waals surface area contributed by atoms with Crippen LogP contribution in [0.4, 0.5) is 24.8 Å². The summed E-state index contributed by atoms with van der Waals surface area (Å²) in [5, 5.41) is 4.35. The van der Waals surface area contributed by atoms with Crippen LogP contribution in [0.1, 0.15) is 24.4 Å². The molecular weight excluding hydrogens is 468 g/mol. The lowest BCUT2D eigenvalue weighted by molar-refractivity contribution is -0.137. The molecule has 27 heavy (non-hydrogen) atoms. The Bertz CT molecular complexity index is 1170. The van der Waals surface area contributed by atoms with Crippen LogP contribution in [0.3, 0.4) is 0 Å². The van der Waals surface area contributed by atoms with Crippen LogP contribution in [0.5, 0.6) is 0 Å². The number of benzene rings is 2. The molecule has 8 heteroatoms. The van der Waals surface area contributed by atoms with Crippen molar-refractivity contribution in [3.63, 3.8) is 0 Å². The van der Waals surface area contributed by atoms with Gasteiger partial charge < -0.3 is 14.9 Å². The molecule has 0 amide bonds. The predicted molar refractivity (Wildman–Crippen MR) is 107 cm³/mol. The quantitative estimate of drug-likeness (QED) is 0.341. The molecule has 2 heterocycles. The number of alkyl halides is 3. The lowest BCUT2D eigenvalue weighted by Gasteiger charge is -2.09. The van der Waals surface area contributed by atoms with Gasteiger partial charge in [0.2, 0.25) is 5.95 Å². The van der Waals surface area contributed by atoms with Crippen molar-refractivity contribution in [2.45, 2.75) is 25.1 Å². The molecule has 4 nitrogen and oxygen atoms in total. The van der Waals surface area contributed by atoms with Gasteiger partial charge in [0.15, 0.2) is 0 Å². The summed E-state index contributed by atoms with van der Waals surface area (Å²) in [7, 11) is 0. The molecule has 2 aromatic heterocycles. The molecule has 1 fully saturated rings. The van der Waals surface area contributed by atoms with Gasteiger partial charge in [0, 0.05) is 26.7 Å². The van der Waals surface area contributed by atoms with Gasteiger partial charge in [-0.25, -0.2) is 4.98 Å². The summed E-state index contributed by atoms with van der Waals surface area (Å²) in [6.45, 7) is 0. The molecule has 0 spiro atoms. The van der Waals surface area contributed by atoms with E-state index in [1.54, 1.807) is 0 Å². The van der Waals surface area contributed by atoms with Gasteiger partial charge in [-0.05, 0) is 71.8 Å². The van der Waals surface area contributed by atoms with Crippen LogP contribution < -0.4 is 5.32 Å². The predicted octanol–water partition coefficient (Wildman–Crippen LogP) is 6.22. The summed E-state index contributed by atoms with van der Waals surface area (Å²) >= 11 is 2.25. The number of aromatic amines is 1. The van der Waals surface area contributed by atoms with Crippen molar-refractivity contribution in [2.75, 3.05) is 5.32 Å². The largest absolute Gasteiger partial charge is 0.416 e. The van der Waals surface area contributed by atoms with E-state index >= 15 is 0 Å². The molecule has 1 aliphatic carbocycles. The van der Waals surface area contributed by atoms with Gasteiger partial charge in [-0.3, -0.25) is 0 Å². The van der Waals surface area contributed by atoms with Crippen LogP contribution >= 0.6 is 22.6 Å². The Labute approximate surface area is 165 Å². The van der Waals surface area contributed by atoms with Crippen LogP contribution in [-0.4, -0.2) is 14.5 Å². The van der Waals surface area contributed by atoms with E-state index in [4.69, 9.17) is 0 Å². The van der Waals surface area contributed by atoms with E-state index in [2.05, 4.69) is 43.9 Å². The maximum absolute atomic E-state index is 13.1. The van der Waals surface area contributed by atoms with Gasteiger partial charge in [-0.1, -0.05) is 0 Å². The van der Waals surface area contributed by atoms with Crippen molar-refractivity contribution in [3.8, 4) is 0 Å². The standard InChI is InChI=1S/C19H14F3IN4/c20-19(21,22)10-1-6-17-15(7-10)25-18(27(17)12-3-4-12)26-16-9-24-14-5-2-11(23)8-13(14)16/h1-2,5-9,12,24H,3-4H2,(H,25,26). The zero-order valence-electron chi connectivity index (χ0n) is 13.9. The lowest BCUT2D eigenvalue weighted by Crippen LogP contribution is -2.04. The first-order chi connectivity index (χ1) is 12.9. The third-order valence-electron chi connectivity index (χ3n) is 4.82. The van der Waals surface area contributed by atoms with Crippen molar-refractivity contribution >= 4 is 56.2 Å². The Morgan fingerprint density at radius 1 is 1.15 bits per heavy atom. The van der Waals surface area contributed by atoms with Gasteiger partial charge in [-0.15, -0.1) is 0 Å². The number of aromatic nitrogens is 3. The highest BCUT2D eigenvalue weighted by Crippen LogP contribution is 2.42. The molecule has 4 aromatic rings. The Hall–Kier alpha value is -2.23. The average Bonchev–Trinajstić information content (AvgIpc) is 3.28. The molecule has 0 radical (unpaired) electrons. The zero-order valence-corrected chi connectivity index (χ0v) is 16.1. The second-order valence-corrected chi connectivity index (χ2v) is 8.00. The molecule has 0 saturated heterocycles. The van der Waals surface area contributed by atoms with E-state index in [1.165, 1.54) is 6.07 Å². The topological polar surface area (TPSA) is 45.6 Å². The van der Waals surface area contributed by atoms with E-state index in [9.17, 15) is 13.2 Å². The monoisotopic (exact) mass is 482 g/mol. The van der Waals surface area contributed by atoms with Crippen molar-refractivity contribution in [2.24, 2.45) is 0 Å². The second kappa shape index (κ2) is 5.88. The van der Waals surface area contributed by atoms with Gasteiger partial charge in [0.05, 0.1) is 22.3 Å². The summed E-state index contributed by atoms with van der Waals surface area (Å²) in [5.41, 5.74) is 2.25. The number of halogens is 4. The summed E-state index contributed by atoms with van der Waals surface area (Å²) in [6, 6.07) is 10.1. The number of nitrogens with zero attached hydrogens (tertiary/aromatic N) is 2. The molecule has 1 saturated carbocycles. The Morgan fingerprint density at radius 2 is 1.96 bits per heavy atom. The summed E-state index contributed by atoms with van der Waals surface area (Å²) in [5.74, 6) is 0.576. The van der Waals surface area contributed by atoms with Gasteiger partial charge in [0.25, 0.3) is 0 Å². The zero-order chi connectivity index (χ0) is 18.8. The van der Waals surface area contributed by atoms with Crippen LogP contribution in [0, 0.1) is 3.57 Å². The van der Waals surface area contributed by atoms with E-state index in [-0.39, 0.29) is 6.04 Å². The number of imidazole rings is 1. The second-order valence-electron chi connectivity index (χ2n) is 6.76. The Balaban J connectivity index is 1.63. The van der Waals surface area contributed by atoms with Crippen molar-refractivity contribution in [1.29, 1.82) is 0 Å². The molecule has 1 aliphatic rings. The maximum Gasteiger partial charge on any atom is 0.416 e. The molecule has 2 aromatic carbocycles. The van der Waals surface area contributed by atoms with Crippen molar-refractivity contribution in [3.05, 3.63) is 51.7 Å². The fraction of sp³-hybridized carbons (Fsp3) is 0.211. The van der Waals surface area contributed by atoms with E-state index in [1.807, 2.05) is 22.9 Å². The number of fused-ring (bicyclic) bond motifs is 2. The number of H-pyrrole nitrogens is 1. The van der Waals surface area contributed by atoms with Crippen LogP contribution in [0.15, 0.2) is 42.6 Å². The van der Waals surface area contributed by atoms with E-state index < -0.39 is 11.7 Å². The van der Waals surface area contributed by atoms with E-state index in [0.717, 1.165) is 50.7 Å². The minimum absolute atomic E-state index is 0.277. The fourth-order valence-corrected chi connectivity index (χ4v) is 3.87. The third kappa shape index (κ3) is 2.95. The maximum atomic E-state index is 13.1. The molecule has 0 aliphatic heterocycles. The minimum atomic E-state index is -4.38. The summed E-state index contributed by atoms with van der Waals surface area (Å²) in [6.07, 6.45) is -0.503. The minimum Gasteiger partial charge on any atom is -0.359 e. The van der Waals surface area contributed by atoms with Gasteiger partial charge >= 0.3 is 6.18 Å². The summed E-state index contributed by atoms with van der Waals surface area (Å²) in [4.78, 5) is 7.70. The highest BCUT2D eigenvalue weighted by atomic mass is 127. The van der Waals surface area contributed by atoms with Crippen LogP contribution in [-0.2, 0) is 6.18 Å². The van der Waals surface area contributed by atoms with Crippen molar-refractivity contribution < 1.29 is 13.2 Å². The Kier molecular flexibility index (Phi) is 3.68. The molecule has 0 atom stereocenters. The number of anilines is 2. The third-order valence-corrected chi connectivity index (χ3v) is 5.49. The molecule has 0 unspecified atom stereocenters. The molecule has 5 rings (SSSR count). The first kappa shape index (κ1) is 16.9. The molecule has 138 valence electrons. The van der Waals surface area contributed by atoms with Gasteiger partial charge in [-0.2, -0.15) is 13.2 Å². The first-order valence-corrected chi connectivity index (χ1v) is 9.61. The highest BCUT2D eigenvalue weighted by molar-refractivity contribution is 14.1. The number of nitrogens with one attached hydrogen (secondary N) is 2. The van der Waals surface area contributed by atoms with Crippen LogP contribution in [0.2, 0.25) is 0 Å². The van der Waals surface area contributed by atoms with Crippen molar-refractivity contribution in [1.82, 2.24) is 14.5 Å². The number of hydrogen-bond donors (Lipinski definition) is 2. The summed E-state index contributed by atoms with van der Waals surface area (Å²) < 4.78 is 42.3. The van der Waals surface area contributed by atoms with E-state index in [0.29, 0.717) is 11.5 Å². The molecule has 2 N–H and O–H groups in total.